The molecule has 0 saturated heterocycles. The first-order valence-corrected chi connectivity index (χ1v) is 8.33. The Labute approximate surface area is 153 Å². The molecule has 3 rings (SSSR count). The van der Waals surface area contributed by atoms with Gasteiger partial charge in [-0.25, -0.2) is 4.79 Å². The van der Waals surface area contributed by atoms with Crippen LogP contribution in [0.15, 0.2) is 73.3 Å². The zero-order valence-corrected chi connectivity index (χ0v) is 14.6. The lowest BCUT2D eigenvalue weighted by Crippen LogP contribution is -2.00. The predicted molar refractivity (Wildman–Crippen MR) is 106 cm³/mol. The molecule has 0 bridgehead atoms. The van der Waals surface area contributed by atoms with E-state index in [2.05, 4.69) is 36.9 Å². The van der Waals surface area contributed by atoms with E-state index in [9.17, 15) is 4.79 Å². The van der Waals surface area contributed by atoms with Crippen molar-refractivity contribution in [1.82, 2.24) is 0 Å². The van der Waals surface area contributed by atoms with Crippen LogP contribution in [0.1, 0.15) is 21.5 Å². The lowest BCUT2D eigenvalue weighted by atomic mass is 10.1. The first kappa shape index (κ1) is 17.5. The molecule has 0 aromatic heterocycles. The summed E-state index contributed by atoms with van der Waals surface area (Å²) in [5.74, 6) is 0.512. The monoisotopic (exact) mass is 344 g/mol. The molecule has 3 aromatic carbocycles. The van der Waals surface area contributed by atoms with Gasteiger partial charge in [0.15, 0.2) is 0 Å². The Morgan fingerprint density at radius 1 is 0.923 bits per heavy atom. The molecule has 0 aliphatic carbocycles. The zero-order valence-electron chi connectivity index (χ0n) is 14.6. The molecule has 0 aliphatic heterocycles. The minimum Gasteiger partial charge on any atom is -0.490 e. The Morgan fingerprint density at radius 3 is 2.31 bits per heavy atom. The zero-order chi connectivity index (χ0) is 18.4. The maximum atomic E-state index is 11.5. The molecular formula is C23H20O3. The second kappa shape index (κ2) is 8.17. The normalized spacial score (nSPS) is 10.8. The van der Waals surface area contributed by atoms with E-state index in [1.54, 1.807) is 18.2 Å². The molecule has 0 amide bonds. The summed E-state index contributed by atoms with van der Waals surface area (Å²) in [6.07, 6.45) is 5.80. The number of hydrogen-bond donors (Lipinski definition) is 0. The van der Waals surface area contributed by atoms with Crippen LogP contribution in [0.25, 0.3) is 22.9 Å². The van der Waals surface area contributed by atoms with Crippen molar-refractivity contribution in [3.8, 4) is 5.75 Å². The maximum Gasteiger partial charge on any atom is 0.337 e. The molecule has 0 atom stereocenters. The molecule has 0 unspecified atom stereocenters. The summed E-state index contributed by atoms with van der Waals surface area (Å²) in [6.45, 7) is 4.16. The van der Waals surface area contributed by atoms with Crippen LogP contribution in [-0.2, 0) is 4.74 Å². The van der Waals surface area contributed by atoms with Gasteiger partial charge in [0, 0.05) is 0 Å². The van der Waals surface area contributed by atoms with Crippen molar-refractivity contribution in [2.75, 3.05) is 13.7 Å². The molecule has 3 nitrogen and oxygen atoms in total. The standard InChI is InChI=1S/C23H20O3/c1-3-14-26-22-13-12-20-15-18(8-11-21(20)16-22)5-4-17-6-9-19(10-7-17)23(24)25-2/h3-13,15-16H,1,14H2,2H3. The third kappa shape index (κ3) is 4.19. The number of fused-ring (bicyclic) bond motifs is 1. The minimum absolute atomic E-state index is 0.327. The summed E-state index contributed by atoms with van der Waals surface area (Å²) >= 11 is 0. The van der Waals surface area contributed by atoms with Gasteiger partial charge >= 0.3 is 5.97 Å². The van der Waals surface area contributed by atoms with Gasteiger partial charge in [-0.3, -0.25) is 0 Å². The molecule has 0 fully saturated rings. The SMILES string of the molecule is C=CCOc1ccc2cc(C=Cc3ccc(C(=O)OC)cc3)ccc2c1. The van der Waals surface area contributed by atoms with Crippen LogP contribution in [0, 0.1) is 0 Å². The summed E-state index contributed by atoms with van der Waals surface area (Å²) in [4.78, 5) is 11.5. The molecule has 130 valence electrons. The molecule has 3 aromatic rings. The quantitative estimate of drug-likeness (QED) is 0.343. The Morgan fingerprint density at radius 2 is 1.58 bits per heavy atom. The minimum atomic E-state index is -0.327. The Bertz CT molecular complexity index is 953. The van der Waals surface area contributed by atoms with E-state index in [0.717, 1.165) is 27.6 Å². The van der Waals surface area contributed by atoms with Gasteiger partial charge in [-0.05, 0) is 52.2 Å². The van der Waals surface area contributed by atoms with Crippen LogP contribution in [-0.4, -0.2) is 19.7 Å². The largest absolute Gasteiger partial charge is 0.490 e. The highest BCUT2D eigenvalue weighted by Crippen LogP contribution is 2.23. The number of hydrogen-bond acceptors (Lipinski definition) is 3. The highest BCUT2D eigenvalue weighted by Gasteiger charge is 2.03. The van der Waals surface area contributed by atoms with E-state index < -0.39 is 0 Å². The average Bonchev–Trinajstić information content (AvgIpc) is 2.70. The van der Waals surface area contributed by atoms with Crippen LogP contribution in [0.4, 0.5) is 0 Å². The van der Waals surface area contributed by atoms with Crippen LogP contribution in [0.5, 0.6) is 5.75 Å². The van der Waals surface area contributed by atoms with Gasteiger partial charge in [-0.2, -0.15) is 0 Å². The first-order valence-electron chi connectivity index (χ1n) is 8.33. The Kier molecular flexibility index (Phi) is 5.49. The third-order valence-electron chi connectivity index (χ3n) is 4.00. The van der Waals surface area contributed by atoms with Crippen LogP contribution in [0.2, 0.25) is 0 Å². The fraction of sp³-hybridized carbons (Fsp3) is 0.0870. The van der Waals surface area contributed by atoms with Crippen molar-refractivity contribution >= 4 is 28.9 Å². The third-order valence-corrected chi connectivity index (χ3v) is 4.00. The van der Waals surface area contributed by atoms with Crippen molar-refractivity contribution in [2.24, 2.45) is 0 Å². The maximum absolute atomic E-state index is 11.5. The van der Waals surface area contributed by atoms with Crippen molar-refractivity contribution in [3.05, 3.63) is 90.0 Å². The van der Waals surface area contributed by atoms with Gasteiger partial charge in [0.1, 0.15) is 12.4 Å². The lowest BCUT2D eigenvalue weighted by Gasteiger charge is -2.05. The lowest BCUT2D eigenvalue weighted by molar-refractivity contribution is 0.0600. The predicted octanol–water partition coefficient (Wildman–Crippen LogP) is 5.36. The molecule has 0 spiro atoms. The summed E-state index contributed by atoms with van der Waals surface area (Å²) in [6, 6.07) is 19.6. The summed E-state index contributed by atoms with van der Waals surface area (Å²) in [5, 5.41) is 2.28. The van der Waals surface area contributed by atoms with Gasteiger partial charge in [0.25, 0.3) is 0 Å². The van der Waals surface area contributed by atoms with Crippen molar-refractivity contribution < 1.29 is 14.3 Å². The highest BCUT2D eigenvalue weighted by atomic mass is 16.5. The van der Waals surface area contributed by atoms with E-state index in [4.69, 9.17) is 9.47 Å². The number of carbonyl (C=O) groups is 1. The van der Waals surface area contributed by atoms with E-state index in [0.29, 0.717) is 12.2 Å². The molecular weight excluding hydrogens is 324 g/mol. The Balaban J connectivity index is 1.76. The highest BCUT2D eigenvalue weighted by molar-refractivity contribution is 5.90. The molecule has 3 heteroatoms. The average molecular weight is 344 g/mol. The van der Waals surface area contributed by atoms with Crippen LogP contribution < -0.4 is 4.74 Å². The fourth-order valence-corrected chi connectivity index (χ4v) is 2.63. The van der Waals surface area contributed by atoms with Crippen molar-refractivity contribution in [1.29, 1.82) is 0 Å². The van der Waals surface area contributed by atoms with Crippen molar-refractivity contribution in [2.45, 2.75) is 0 Å². The number of benzene rings is 3. The number of rotatable bonds is 6. The van der Waals surface area contributed by atoms with E-state index in [-0.39, 0.29) is 5.97 Å². The number of ether oxygens (including phenoxy) is 2. The van der Waals surface area contributed by atoms with Crippen LogP contribution >= 0.6 is 0 Å². The van der Waals surface area contributed by atoms with Gasteiger partial charge in [0.05, 0.1) is 12.7 Å². The number of carbonyl (C=O) groups excluding carboxylic acids is 1. The van der Waals surface area contributed by atoms with E-state index >= 15 is 0 Å². The molecule has 0 radical (unpaired) electrons. The summed E-state index contributed by atoms with van der Waals surface area (Å²) in [7, 11) is 1.38. The number of esters is 1. The molecule has 0 aliphatic rings. The summed E-state index contributed by atoms with van der Waals surface area (Å²) in [5.41, 5.74) is 2.67. The van der Waals surface area contributed by atoms with E-state index in [1.165, 1.54) is 7.11 Å². The number of methoxy groups -OCH3 is 1. The molecule has 0 heterocycles. The van der Waals surface area contributed by atoms with Gasteiger partial charge < -0.3 is 9.47 Å². The van der Waals surface area contributed by atoms with Gasteiger partial charge in [0.2, 0.25) is 0 Å². The van der Waals surface area contributed by atoms with Crippen molar-refractivity contribution in [3.63, 3.8) is 0 Å². The second-order valence-corrected chi connectivity index (χ2v) is 5.81. The first-order chi connectivity index (χ1) is 12.7. The second-order valence-electron chi connectivity index (χ2n) is 5.81. The molecule has 0 saturated carbocycles. The van der Waals surface area contributed by atoms with Gasteiger partial charge in [-0.15, -0.1) is 0 Å². The van der Waals surface area contributed by atoms with E-state index in [1.807, 2.05) is 30.3 Å². The van der Waals surface area contributed by atoms with Gasteiger partial charge in [-0.1, -0.05) is 55.1 Å². The molecule has 26 heavy (non-hydrogen) atoms. The smallest absolute Gasteiger partial charge is 0.337 e. The Hall–Kier alpha value is -3.33. The molecule has 0 N–H and O–H groups in total. The topological polar surface area (TPSA) is 35.5 Å². The van der Waals surface area contributed by atoms with Crippen LogP contribution in [0.3, 0.4) is 0 Å². The fourth-order valence-electron chi connectivity index (χ4n) is 2.63. The summed E-state index contributed by atoms with van der Waals surface area (Å²) < 4.78 is 10.3.